The largest absolute Gasteiger partial charge is 0.469 e. The molecule has 0 saturated carbocycles. The smallest absolute Gasteiger partial charge is 0.252 e. The molecular formula is C15H15BrFNO2. The van der Waals surface area contributed by atoms with Gasteiger partial charge < -0.3 is 9.73 Å². The highest BCUT2D eigenvalue weighted by Gasteiger charge is 2.13. The van der Waals surface area contributed by atoms with E-state index in [0.717, 1.165) is 18.6 Å². The maximum absolute atomic E-state index is 13.0. The molecule has 0 saturated heterocycles. The first kappa shape index (κ1) is 14.8. The number of hydrogen-bond acceptors (Lipinski definition) is 2. The van der Waals surface area contributed by atoms with Crippen LogP contribution in [-0.4, -0.2) is 11.9 Å². The standard InChI is InChI=1S/C15H15BrFNO2/c1-10(4-6-12-3-2-8-20-12)18-15(19)13-7-5-11(17)9-14(13)16/h2-3,5,7-10H,4,6H2,1H3,(H,18,19). The number of amides is 1. The number of carbonyl (C=O) groups is 1. The lowest BCUT2D eigenvalue weighted by molar-refractivity contribution is 0.0937. The summed E-state index contributed by atoms with van der Waals surface area (Å²) in [5.41, 5.74) is 0.427. The number of hydrogen-bond donors (Lipinski definition) is 1. The number of rotatable bonds is 5. The van der Waals surface area contributed by atoms with Crippen LogP contribution in [0.15, 0.2) is 45.5 Å². The quantitative estimate of drug-likeness (QED) is 0.896. The molecule has 0 spiro atoms. The Kier molecular flexibility index (Phi) is 4.95. The van der Waals surface area contributed by atoms with Crippen molar-refractivity contribution in [3.63, 3.8) is 0 Å². The molecule has 0 aliphatic heterocycles. The molecule has 1 unspecified atom stereocenters. The van der Waals surface area contributed by atoms with Crippen molar-refractivity contribution >= 4 is 21.8 Å². The van der Waals surface area contributed by atoms with Crippen molar-refractivity contribution in [2.45, 2.75) is 25.8 Å². The zero-order valence-electron chi connectivity index (χ0n) is 11.0. The fraction of sp³-hybridized carbons (Fsp3) is 0.267. The molecule has 2 rings (SSSR count). The van der Waals surface area contributed by atoms with Crippen LogP contribution in [0.2, 0.25) is 0 Å². The van der Waals surface area contributed by atoms with E-state index in [9.17, 15) is 9.18 Å². The summed E-state index contributed by atoms with van der Waals surface area (Å²) in [5.74, 6) is 0.303. The molecule has 1 aromatic carbocycles. The molecular weight excluding hydrogens is 325 g/mol. The zero-order chi connectivity index (χ0) is 14.5. The molecule has 0 fully saturated rings. The molecule has 3 nitrogen and oxygen atoms in total. The zero-order valence-corrected chi connectivity index (χ0v) is 12.6. The van der Waals surface area contributed by atoms with Crippen LogP contribution in [-0.2, 0) is 6.42 Å². The summed E-state index contributed by atoms with van der Waals surface area (Å²) in [7, 11) is 0. The van der Waals surface area contributed by atoms with Crippen LogP contribution < -0.4 is 5.32 Å². The van der Waals surface area contributed by atoms with E-state index in [0.29, 0.717) is 10.0 Å². The van der Waals surface area contributed by atoms with Gasteiger partial charge >= 0.3 is 0 Å². The fourth-order valence-corrected chi connectivity index (χ4v) is 2.39. The summed E-state index contributed by atoms with van der Waals surface area (Å²) in [6, 6.07) is 7.77. The van der Waals surface area contributed by atoms with Gasteiger partial charge in [0.25, 0.3) is 5.91 Å². The summed E-state index contributed by atoms with van der Waals surface area (Å²) < 4.78 is 18.7. The van der Waals surface area contributed by atoms with Crippen molar-refractivity contribution in [3.8, 4) is 0 Å². The minimum atomic E-state index is -0.376. The van der Waals surface area contributed by atoms with E-state index in [-0.39, 0.29) is 17.8 Å². The van der Waals surface area contributed by atoms with E-state index in [1.54, 1.807) is 6.26 Å². The van der Waals surface area contributed by atoms with Gasteiger partial charge in [-0.2, -0.15) is 0 Å². The van der Waals surface area contributed by atoms with Crippen molar-refractivity contribution in [2.75, 3.05) is 0 Å². The van der Waals surface area contributed by atoms with Gasteiger partial charge in [-0.25, -0.2) is 4.39 Å². The summed E-state index contributed by atoms with van der Waals surface area (Å²) in [4.78, 5) is 12.1. The summed E-state index contributed by atoms with van der Waals surface area (Å²) in [6.07, 6.45) is 3.17. The van der Waals surface area contributed by atoms with Crippen LogP contribution in [0, 0.1) is 5.82 Å². The number of halogens is 2. The van der Waals surface area contributed by atoms with E-state index in [4.69, 9.17) is 4.42 Å². The van der Waals surface area contributed by atoms with Crippen molar-refractivity contribution in [2.24, 2.45) is 0 Å². The van der Waals surface area contributed by atoms with E-state index in [1.807, 2.05) is 19.1 Å². The Morgan fingerprint density at radius 3 is 2.90 bits per heavy atom. The number of carbonyl (C=O) groups excluding carboxylic acids is 1. The second kappa shape index (κ2) is 6.70. The second-order valence-electron chi connectivity index (χ2n) is 4.62. The van der Waals surface area contributed by atoms with Crippen LogP contribution in [0.5, 0.6) is 0 Å². The maximum Gasteiger partial charge on any atom is 0.252 e. The Hall–Kier alpha value is -1.62. The second-order valence-corrected chi connectivity index (χ2v) is 5.47. The SMILES string of the molecule is CC(CCc1ccco1)NC(=O)c1ccc(F)cc1Br. The van der Waals surface area contributed by atoms with Gasteiger partial charge in [-0.1, -0.05) is 0 Å². The van der Waals surface area contributed by atoms with Crippen molar-refractivity contribution in [3.05, 3.63) is 58.2 Å². The lowest BCUT2D eigenvalue weighted by atomic mass is 10.1. The molecule has 1 atom stereocenters. The van der Waals surface area contributed by atoms with Gasteiger partial charge in [0.2, 0.25) is 0 Å². The molecule has 106 valence electrons. The van der Waals surface area contributed by atoms with E-state index >= 15 is 0 Å². The molecule has 1 heterocycles. The Bertz CT molecular complexity index is 584. The molecule has 1 N–H and O–H groups in total. The van der Waals surface area contributed by atoms with E-state index < -0.39 is 0 Å². The van der Waals surface area contributed by atoms with Crippen LogP contribution in [0.4, 0.5) is 4.39 Å². The molecule has 5 heteroatoms. The number of nitrogens with one attached hydrogen (secondary N) is 1. The Morgan fingerprint density at radius 1 is 1.45 bits per heavy atom. The monoisotopic (exact) mass is 339 g/mol. The first-order chi connectivity index (χ1) is 9.56. The number of benzene rings is 1. The summed E-state index contributed by atoms with van der Waals surface area (Å²) in [6.45, 7) is 1.93. The third-order valence-corrected chi connectivity index (χ3v) is 3.61. The average Bonchev–Trinajstić information content (AvgIpc) is 2.89. The lowest BCUT2D eigenvalue weighted by Gasteiger charge is -2.14. The normalized spacial score (nSPS) is 12.2. The van der Waals surface area contributed by atoms with Crippen LogP contribution in [0.1, 0.15) is 29.5 Å². The highest BCUT2D eigenvalue weighted by Crippen LogP contribution is 2.18. The third kappa shape index (κ3) is 3.93. The third-order valence-electron chi connectivity index (χ3n) is 2.96. The van der Waals surface area contributed by atoms with Crippen molar-refractivity contribution in [1.29, 1.82) is 0 Å². The minimum absolute atomic E-state index is 0.00422. The first-order valence-corrected chi connectivity index (χ1v) is 7.14. The Labute approximate surface area is 125 Å². The Balaban J connectivity index is 1.90. The average molecular weight is 340 g/mol. The first-order valence-electron chi connectivity index (χ1n) is 6.34. The van der Waals surface area contributed by atoms with Gasteiger partial charge in [0.05, 0.1) is 11.8 Å². The highest BCUT2D eigenvalue weighted by atomic mass is 79.9. The maximum atomic E-state index is 13.0. The lowest BCUT2D eigenvalue weighted by Crippen LogP contribution is -2.33. The van der Waals surface area contributed by atoms with Crippen molar-refractivity contribution in [1.82, 2.24) is 5.32 Å². The number of aryl methyl sites for hydroxylation is 1. The van der Waals surface area contributed by atoms with Crippen LogP contribution in [0.3, 0.4) is 0 Å². The molecule has 1 amide bonds. The van der Waals surface area contributed by atoms with E-state index in [2.05, 4.69) is 21.2 Å². The topological polar surface area (TPSA) is 42.2 Å². The summed E-state index contributed by atoms with van der Waals surface area (Å²) >= 11 is 3.19. The van der Waals surface area contributed by atoms with Crippen LogP contribution in [0.25, 0.3) is 0 Å². The highest BCUT2D eigenvalue weighted by molar-refractivity contribution is 9.10. The van der Waals surface area contributed by atoms with Gasteiger partial charge in [0, 0.05) is 16.9 Å². The molecule has 0 radical (unpaired) electrons. The van der Waals surface area contributed by atoms with Crippen LogP contribution >= 0.6 is 15.9 Å². The molecule has 1 aromatic heterocycles. The fourth-order valence-electron chi connectivity index (χ4n) is 1.86. The summed E-state index contributed by atoms with van der Waals surface area (Å²) in [5, 5.41) is 2.89. The molecule has 20 heavy (non-hydrogen) atoms. The van der Waals surface area contributed by atoms with Gasteiger partial charge in [-0.05, 0) is 59.6 Å². The Morgan fingerprint density at radius 2 is 2.25 bits per heavy atom. The molecule has 0 bridgehead atoms. The van der Waals surface area contributed by atoms with Gasteiger partial charge in [0.1, 0.15) is 11.6 Å². The predicted octanol–water partition coefficient (Wildman–Crippen LogP) is 3.93. The van der Waals surface area contributed by atoms with Gasteiger partial charge in [-0.15, -0.1) is 0 Å². The van der Waals surface area contributed by atoms with Gasteiger partial charge in [-0.3, -0.25) is 4.79 Å². The van der Waals surface area contributed by atoms with Crippen molar-refractivity contribution < 1.29 is 13.6 Å². The molecule has 2 aromatic rings. The van der Waals surface area contributed by atoms with E-state index in [1.165, 1.54) is 18.2 Å². The van der Waals surface area contributed by atoms with Gasteiger partial charge in [0.15, 0.2) is 0 Å². The number of furan rings is 1. The molecule has 0 aliphatic rings. The minimum Gasteiger partial charge on any atom is -0.469 e. The predicted molar refractivity (Wildman–Crippen MR) is 78.1 cm³/mol. The molecule has 0 aliphatic carbocycles.